The van der Waals surface area contributed by atoms with Crippen molar-refractivity contribution in [1.82, 2.24) is 14.1 Å². The molecule has 0 fully saturated rings. The molecule has 0 N–H and O–H groups in total. The van der Waals surface area contributed by atoms with E-state index in [0.717, 1.165) is 28.0 Å². The zero-order valence-corrected chi connectivity index (χ0v) is 22.8. The van der Waals surface area contributed by atoms with Gasteiger partial charge in [-0.2, -0.15) is 0 Å². The Morgan fingerprint density at radius 1 is 0.476 bits per heavy atom. The van der Waals surface area contributed by atoms with Gasteiger partial charge in [0.25, 0.3) is 0 Å². The SMILES string of the molecule is c1ccc(-c2cnc(-n3c4cc5c(ccn5-c5ccccc5)cc4c4ccc5ccccc5c43)c3ccccc23)cc1. The first-order valence-electron chi connectivity index (χ1n) is 14.3. The predicted molar refractivity (Wildman–Crippen MR) is 176 cm³/mol. The summed E-state index contributed by atoms with van der Waals surface area (Å²) in [4.78, 5) is 5.24. The van der Waals surface area contributed by atoms with Crippen molar-refractivity contribution in [2.45, 2.75) is 0 Å². The predicted octanol–water partition coefficient (Wildman–Crippen LogP) is 10.1. The van der Waals surface area contributed by atoms with Crippen molar-refractivity contribution in [3.05, 3.63) is 152 Å². The molecular formula is C39H25N3. The van der Waals surface area contributed by atoms with Crippen LogP contribution in [-0.2, 0) is 0 Å². The highest BCUT2D eigenvalue weighted by Gasteiger charge is 2.20. The second-order valence-corrected chi connectivity index (χ2v) is 10.9. The molecule has 196 valence electrons. The van der Waals surface area contributed by atoms with Crippen molar-refractivity contribution in [2.24, 2.45) is 0 Å². The number of hydrogen-bond donors (Lipinski definition) is 0. The van der Waals surface area contributed by atoms with Crippen LogP contribution < -0.4 is 0 Å². The maximum atomic E-state index is 5.24. The van der Waals surface area contributed by atoms with Crippen molar-refractivity contribution >= 4 is 54.3 Å². The van der Waals surface area contributed by atoms with Gasteiger partial charge in [0.2, 0.25) is 0 Å². The molecule has 6 aromatic carbocycles. The van der Waals surface area contributed by atoms with E-state index >= 15 is 0 Å². The molecule has 0 bridgehead atoms. The topological polar surface area (TPSA) is 22.8 Å². The molecule has 3 aromatic heterocycles. The summed E-state index contributed by atoms with van der Waals surface area (Å²) < 4.78 is 4.67. The van der Waals surface area contributed by atoms with E-state index in [4.69, 9.17) is 4.98 Å². The molecule has 0 atom stereocenters. The fourth-order valence-corrected chi connectivity index (χ4v) is 6.64. The molecule has 0 unspecified atom stereocenters. The van der Waals surface area contributed by atoms with Gasteiger partial charge in [0, 0.05) is 50.6 Å². The fraction of sp³-hybridized carbons (Fsp3) is 0. The maximum absolute atomic E-state index is 5.24. The molecule has 0 aliphatic carbocycles. The monoisotopic (exact) mass is 535 g/mol. The van der Waals surface area contributed by atoms with Gasteiger partial charge in [0.15, 0.2) is 0 Å². The number of nitrogens with zero attached hydrogens (tertiary/aromatic N) is 3. The second kappa shape index (κ2) is 8.92. The molecule has 9 rings (SSSR count). The lowest BCUT2D eigenvalue weighted by Gasteiger charge is -2.15. The average molecular weight is 536 g/mol. The van der Waals surface area contributed by atoms with Gasteiger partial charge in [0.1, 0.15) is 5.82 Å². The molecule has 0 amide bonds. The second-order valence-electron chi connectivity index (χ2n) is 10.9. The average Bonchev–Trinajstić information content (AvgIpc) is 3.62. The zero-order valence-electron chi connectivity index (χ0n) is 22.8. The van der Waals surface area contributed by atoms with Crippen LogP contribution in [0.25, 0.3) is 76.9 Å². The molecular weight excluding hydrogens is 510 g/mol. The smallest absolute Gasteiger partial charge is 0.145 e. The van der Waals surface area contributed by atoms with E-state index in [1.807, 2.05) is 6.20 Å². The summed E-state index contributed by atoms with van der Waals surface area (Å²) in [5.74, 6) is 0.943. The lowest BCUT2D eigenvalue weighted by molar-refractivity contribution is 1.10. The Morgan fingerprint density at radius 2 is 1.19 bits per heavy atom. The Hall–Kier alpha value is -5.67. The zero-order chi connectivity index (χ0) is 27.6. The summed E-state index contributed by atoms with van der Waals surface area (Å²) in [5.41, 5.74) is 6.97. The van der Waals surface area contributed by atoms with Crippen molar-refractivity contribution < 1.29 is 0 Å². The lowest BCUT2D eigenvalue weighted by Crippen LogP contribution is -2.00. The Balaban J connectivity index is 1.45. The number of benzene rings is 6. The van der Waals surface area contributed by atoms with Gasteiger partial charge < -0.3 is 4.57 Å². The first kappa shape index (κ1) is 23.1. The van der Waals surface area contributed by atoms with Crippen LogP contribution in [0.5, 0.6) is 0 Å². The summed E-state index contributed by atoms with van der Waals surface area (Å²) >= 11 is 0. The highest BCUT2D eigenvalue weighted by atomic mass is 15.1. The first-order chi connectivity index (χ1) is 20.8. The Labute approximate surface area is 242 Å². The first-order valence-corrected chi connectivity index (χ1v) is 14.3. The normalized spacial score (nSPS) is 11.8. The van der Waals surface area contributed by atoms with Crippen LogP contribution >= 0.6 is 0 Å². The number of pyridine rings is 1. The van der Waals surface area contributed by atoms with Crippen LogP contribution in [0.4, 0.5) is 0 Å². The third kappa shape index (κ3) is 3.31. The van der Waals surface area contributed by atoms with Gasteiger partial charge in [-0.25, -0.2) is 4.98 Å². The minimum Gasteiger partial charge on any atom is -0.316 e. The molecule has 0 radical (unpaired) electrons. The third-order valence-corrected chi connectivity index (χ3v) is 8.57. The number of hydrogen-bond acceptors (Lipinski definition) is 1. The van der Waals surface area contributed by atoms with E-state index in [-0.39, 0.29) is 0 Å². The molecule has 0 saturated heterocycles. The fourth-order valence-electron chi connectivity index (χ4n) is 6.64. The highest BCUT2D eigenvalue weighted by molar-refractivity contribution is 6.21. The van der Waals surface area contributed by atoms with Crippen molar-refractivity contribution in [3.8, 4) is 22.6 Å². The number of rotatable bonds is 3. The maximum Gasteiger partial charge on any atom is 0.145 e. The minimum atomic E-state index is 0.943. The molecule has 42 heavy (non-hydrogen) atoms. The number of fused-ring (bicyclic) bond motifs is 7. The Bertz CT molecular complexity index is 2450. The van der Waals surface area contributed by atoms with Crippen LogP contribution in [0.1, 0.15) is 0 Å². The third-order valence-electron chi connectivity index (χ3n) is 8.57. The van der Waals surface area contributed by atoms with Gasteiger partial charge >= 0.3 is 0 Å². The van der Waals surface area contributed by atoms with E-state index in [9.17, 15) is 0 Å². The molecule has 0 saturated carbocycles. The minimum absolute atomic E-state index is 0.943. The summed E-state index contributed by atoms with van der Waals surface area (Å²) in [7, 11) is 0. The quantitative estimate of drug-likeness (QED) is 0.221. The van der Waals surface area contributed by atoms with Crippen LogP contribution in [0.3, 0.4) is 0 Å². The summed E-state index contributed by atoms with van der Waals surface area (Å²) in [6.45, 7) is 0. The van der Waals surface area contributed by atoms with Crippen molar-refractivity contribution in [2.75, 3.05) is 0 Å². The van der Waals surface area contributed by atoms with Gasteiger partial charge in [-0.1, -0.05) is 109 Å². The standard InChI is InChI=1S/C39H25N3/c1-3-11-26(12-4-1)35-25-40-39(33-18-10-9-17-31(33)35)42-37-24-36-28(21-22-41(36)29-14-5-2-6-15-29)23-34(37)32-20-19-27-13-7-8-16-30(27)38(32)42/h1-25H. The molecule has 3 nitrogen and oxygen atoms in total. The van der Waals surface area contributed by atoms with Crippen LogP contribution in [0.2, 0.25) is 0 Å². The van der Waals surface area contributed by atoms with Crippen LogP contribution in [-0.4, -0.2) is 14.1 Å². The van der Waals surface area contributed by atoms with E-state index in [1.165, 1.54) is 48.9 Å². The van der Waals surface area contributed by atoms with E-state index in [0.29, 0.717) is 0 Å². The van der Waals surface area contributed by atoms with Gasteiger partial charge in [-0.3, -0.25) is 4.57 Å². The largest absolute Gasteiger partial charge is 0.316 e. The van der Waals surface area contributed by atoms with Gasteiger partial charge in [-0.15, -0.1) is 0 Å². The van der Waals surface area contributed by atoms with E-state index in [1.54, 1.807) is 0 Å². The molecule has 3 heteroatoms. The Morgan fingerprint density at radius 3 is 2.02 bits per heavy atom. The van der Waals surface area contributed by atoms with E-state index in [2.05, 4.69) is 155 Å². The van der Waals surface area contributed by atoms with Gasteiger partial charge in [0.05, 0.1) is 16.6 Å². The van der Waals surface area contributed by atoms with Crippen LogP contribution in [0.15, 0.2) is 152 Å². The molecule has 3 heterocycles. The lowest BCUT2D eigenvalue weighted by atomic mass is 10.0. The van der Waals surface area contributed by atoms with Gasteiger partial charge in [-0.05, 0) is 46.7 Å². The van der Waals surface area contributed by atoms with Crippen molar-refractivity contribution in [3.63, 3.8) is 0 Å². The molecule has 9 aromatic rings. The number of para-hydroxylation sites is 1. The summed E-state index contributed by atoms with van der Waals surface area (Å²) in [6.07, 6.45) is 4.21. The molecule has 0 spiro atoms. The van der Waals surface area contributed by atoms with E-state index < -0.39 is 0 Å². The molecule has 0 aliphatic heterocycles. The summed E-state index contributed by atoms with van der Waals surface area (Å²) in [5, 5.41) is 8.44. The van der Waals surface area contributed by atoms with Crippen molar-refractivity contribution in [1.29, 1.82) is 0 Å². The number of aromatic nitrogens is 3. The Kier molecular flexibility index (Phi) is 4.90. The summed E-state index contributed by atoms with van der Waals surface area (Å²) in [6, 6.07) is 49.9. The molecule has 0 aliphatic rings. The van der Waals surface area contributed by atoms with Crippen LogP contribution in [0, 0.1) is 0 Å². The highest BCUT2D eigenvalue weighted by Crippen LogP contribution is 2.41.